The molecule has 1 aromatic heterocycles. The molecule has 1 aromatic carbocycles. The highest BCUT2D eigenvalue weighted by Crippen LogP contribution is 2.16. The Kier molecular flexibility index (Phi) is 6.79. The van der Waals surface area contributed by atoms with Crippen LogP contribution < -0.4 is 5.32 Å². The Morgan fingerprint density at radius 3 is 2.73 bits per heavy atom. The molecule has 26 heavy (non-hydrogen) atoms. The SMILES string of the molecule is CCOC(=O)Cc1csc(NC(=O)COC(=O)c2ccc(C)c(F)c2)n1. The van der Waals surface area contributed by atoms with Crippen molar-refractivity contribution in [1.82, 2.24) is 4.98 Å². The molecule has 0 unspecified atom stereocenters. The van der Waals surface area contributed by atoms with Crippen LogP contribution in [0.15, 0.2) is 23.6 Å². The number of halogens is 1. The quantitative estimate of drug-likeness (QED) is 0.742. The van der Waals surface area contributed by atoms with Crippen molar-refractivity contribution >= 4 is 34.3 Å². The van der Waals surface area contributed by atoms with Crippen molar-refractivity contribution in [3.8, 4) is 0 Å². The molecule has 1 heterocycles. The van der Waals surface area contributed by atoms with E-state index in [-0.39, 0.29) is 23.7 Å². The molecular formula is C17H17FN2O5S. The predicted molar refractivity (Wildman–Crippen MR) is 92.5 cm³/mol. The number of hydrogen-bond donors (Lipinski definition) is 1. The zero-order chi connectivity index (χ0) is 19.1. The first-order valence-electron chi connectivity index (χ1n) is 7.72. The van der Waals surface area contributed by atoms with Crippen LogP contribution in [0.1, 0.15) is 28.5 Å². The number of thiazole rings is 1. The predicted octanol–water partition coefficient (Wildman–Crippen LogP) is 2.49. The van der Waals surface area contributed by atoms with E-state index < -0.39 is 30.3 Å². The summed E-state index contributed by atoms with van der Waals surface area (Å²) in [4.78, 5) is 39.1. The summed E-state index contributed by atoms with van der Waals surface area (Å²) in [5.74, 6) is -2.33. The van der Waals surface area contributed by atoms with Gasteiger partial charge in [0, 0.05) is 5.38 Å². The largest absolute Gasteiger partial charge is 0.466 e. The molecule has 0 saturated heterocycles. The molecule has 0 atom stereocenters. The van der Waals surface area contributed by atoms with Gasteiger partial charge in [-0.1, -0.05) is 6.07 Å². The van der Waals surface area contributed by atoms with E-state index in [1.807, 2.05) is 0 Å². The highest BCUT2D eigenvalue weighted by molar-refractivity contribution is 7.13. The summed E-state index contributed by atoms with van der Waals surface area (Å²) in [7, 11) is 0. The van der Waals surface area contributed by atoms with Crippen LogP contribution in [-0.4, -0.2) is 36.0 Å². The van der Waals surface area contributed by atoms with Crippen LogP contribution in [-0.2, 0) is 25.5 Å². The van der Waals surface area contributed by atoms with Crippen molar-refractivity contribution in [3.63, 3.8) is 0 Å². The van der Waals surface area contributed by atoms with Crippen molar-refractivity contribution in [2.75, 3.05) is 18.5 Å². The van der Waals surface area contributed by atoms with E-state index in [0.29, 0.717) is 11.3 Å². The number of aryl methyl sites for hydroxylation is 1. The molecule has 0 radical (unpaired) electrons. The van der Waals surface area contributed by atoms with Crippen LogP contribution in [0.5, 0.6) is 0 Å². The Labute approximate surface area is 153 Å². The minimum Gasteiger partial charge on any atom is -0.466 e. The second-order valence-corrected chi connectivity index (χ2v) is 6.07. The molecule has 1 amide bonds. The van der Waals surface area contributed by atoms with Gasteiger partial charge in [0.2, 0.25) is 0 Å². The second-order valence-electron chi connectivity index (χ2n) is 5.21. The van der Waals surface area contributed by atoms with E-state index in [2.05, 4.69) is 10.3 Å². The number of esters is 2. The van der Waals surface area contributed by atoms with E-state index in [1.165, 1.54) is 12.1 Å². The van der Waals surface area contributed by atoms with Gasteiger partial charge in [0.25, 0.3) is 5.91 Å². The van der Waals surface area contributed by atoms with E-state index in [9.17, 15) is 18.8 Å². The number of aromatic nitrogens is 1. The van der Waals surface area contributed by atoms with Crippen LogP contribution >= 0.6 is 11.3 Å². The zero-order valence-corrected chi connectivity index (χ0v) is 15.0. The summed E-state index contributed by atoms with van der Waals surface area (Å²) in [6, 6.07) is 3.92. The summed E-state index contributed by atoms with van der Waals surface area (Å²) in [5, 5.41) is 4.35. The number of carbonyl (C=O) groups is 3. The number of amides is 1. The smallest absolute Gasteiger partial charge is 0.338 e. The van der Waals surface area contributed by atoms with Crippen molar-refractivity contribution in [3.05, 3.63) is 46.2 Å². The molecule has 0 aliphatic heterocycles. The fourth-order valence-electron chi connectivity index (χ4n) is 1.90. The van der Waals surface area contributed by atoms with Gasteiger partial charge < -0.3 is 9.47 Å². The van der Waals surface area contributed by atoms with Gasteiger partial charge in [0.15, 0.2) is 11.7 Å². The minimum atomic E-state index is -0.804. The molecule has 0 fully saturated rings. The molecular weight excluding hydrogens is 363 g/mol. The first-order valence-corrected chi connectivity index (χ1v) is 8.60. The van der Waals surface area contributed by atoms with E-state index >= 15 is 0 Å². The molecule has 0 bridgehead atoms. The van der Waals surface area contributed by atoms with E-state index in [1.54, 1.807) is 19.2 Å². The maximum atomic E-state index is 13.4. The third kappa shape index (κ3) is 5.62. The standard InChI is InChI=1S/C17H17FN2O5S/c1-3-24-15(22)7-12-9-26-17(19-12)20-14(21)8-25-16(23)11-5-4-10(2)13(18)6-11/h4-6,9H,3,7-8H2,1-2H3,(H,19,20,21). The van der Waals surface area contributed by atoms with Crippen LogP contribution in [0, 0.1) is 12.7 Å². The fraction of sp³-hybridized carbons (Fsp3) is 0.294. The van der Waals surface area contributed by atoms with Crippen LogP contribution in [0.25, 0.3) is 0 Å². The number of nitrogens with one attached hydrogen (secondary N) is 1. The molecule has 0 aliphatic rings. The maximum absolute atomic E-state index is 13.4. The maximum Gasteiger partial charge on any atom is 0.338 e. The van der Waals surface area contributed by atoms with Crippen LogP contribution in [0.4, 0.5) is 9.52 Å². The average molecular weight is 380 g/mol. The van der Waals surface area contributed by atoms with Crippen molar-refractivity contribution in [2.24, 2.45) is 0 Å². The number of hydrogen-bond acceptors (Lipinski definition) is 7. The second kappa shape index (κ2) is 9.04. The van der Waals surface area contributed by atoms with E-state index in [4.69, 9.17) is 9.47 Å². The van der Waals surface area contributed by atoms with Gasteiger partial charge in [0.1, 0.15) is 5.82 Å². The van der Waals surface area contributed by atoms with Crippen LogP contribution in [0.2, 0.25) is 0 Å². The number of carbonyl (C=O) groups excluding carboxylic acids is 3. The van der Waals surface area contributed by atoms with Gasteiger partial charge in [-0.15, -0.1) is 11.3 Å². The molecule has 0 aliphatic carbocycles. The van der Waals surface area contributed by atoms with Gasteiger partial charge in [-0.2, -0.15) is 0 Å². The summed E-state index contributed by atoms with van der Waals surface area (Å²) < 4.78 is 23.1. The summed E-state index contributed by atoms with van der Waals surface area (Å²) in [5.41, 5.74) is 0.893. The number of anilines is 1. The van der Waals surface area contributed by atoms with E-state index in [0.717, 1.165) is 17.4 Å². The highest BCUT2D eigenvalue weighted by Gasteiger charge is 2.14. The number of ether oxygens (including phenoxy) is 2. The topological polar surface area (TPSA) is 94.6 Å². The Balaban J connectivity index is 1.83. The highest BCUT2D eigenvalue weighted by atomic mass is 32.1. The zero-order valence-electron chi connectivity index (χ0n) is 14.2. The Bertz CT molecular complexity index is 821. The van der Waals surface area contributed by atoms with Gasteiger partial charge in [-0.05, 0) is 31.5 Å². The lowest BCUT2D eigenvalue weighted by Gasteiger charge is -2.05. The van der Waals surface area contributed by atoms with Gasteiger partial charge in [-0.25, -0.2) is 14.2 Å². The van der Waals surface area contributed by atoms with Crippen molar-refractivity contribution < 1.29 is 28.2 Å². The Morgan fingerprint density at radius 2 is 2.04 bits per heavy atom. The number of benzene rings is 1. The summed E-state index contributed by atoms with van der Waals surface area (Å²) >= 11 is 1.13. The normalized spacial score (nSPS) is 10.3. The lowest BCUT2D eigenvalue weighted by molar-refractivity contribution is -0.142. The molecule has 2 aromatic rings. The summed E-state index contributed by atoms with van der Waals surface area (Å²) in [6.45, 7) is 3.02. The molecule has 138 valence electrons. The Morgan fingerprint density at radius 1 is 1.27 bits per heavy atom. The fourth-order valence-corrected chi connectivity index (χ4v) is 2.62. The molecule has 0 spiro atoms. The van der Waals surface area contributed by atoms with Crippen molar-refractivity contribution in [2.45, 2.75) is 20.3 Å². The van der Waals surface area contributed by atoms with Gasteiger partial charge in [0.05, 0.1) is 24.3 Å². The average Bonchev–Trinajstić information content (AvgIpc) is 3.02. The third-order valence-corrected chi connectivity index (χ3v) is 3.98. The first kappa shape index (κ1) is 19.5. The number of nitrogens with zero attached hydrogens (tertiary/aromatic N) is 1. The van der Waals surface area contributed by atoms with Gasteiger partial charge >= 0.3 is 11.9 Å². The minimum absolute atomic E-state index is 0.00812. The Hall–Kier alpha value is -2.81. The molecule has 0 saturated carbocycles. The molecule has 9 heteroatoms. The molecule has 1 N–H and O–H groups in total. The van der Waals surface area contributed by atoms with Crippen molar-refractivity contribution in [1.29, 1.82) is 0 Å². The lowest BCUT2D eigenvalue weighted by Crippen LogP contribution is -2.21. The molecule has 7 nitrogen and oxygen atoms in total. The van der Waals surface area contributed by atoms with Crippen LogP contribution in [0.3, 0.4) is 0 Å². The molecule has 2 rings (SSSR count). The first-order chi connectivity index (χ1) is 12.4. The third-order valence-electron chi connectivity index (χ3n) is 3.17. The number of rotatable bonds is 7. The summed E-state index contributed by atoms with van der Waals surface area (Å²) in [6.07, 6.45) is 0.00812. The van der Waals surface area contributed by atoms with Gasteiger partial charge in [-0.3, -0.25) is 14.9 Å². The lowest BCUT2D eigenvalue weighted by atomic mass is 10.1. The monoisotopic (exact) mass is 380 g/mol.